The SMILES string of the molecule is O=C1CS[C@@H](c2c(F)cccc2Cl)c2c(n(C3CCCC3)[nH]c2=O)N1. The van der Waals surface area contributed by atoms with Crippen LogP contribution in [0.2, 0.25) is 5.02 Å². The molecule has 0 spiro atoms. The minimum Gasteiger partial charge on any atom is -0.310 e. The van der Waals surface area contributed by atoms with Crippen molar-refractivity contribution in [2.45, 2.75) is 37.0 Å². The maximum absolute atomic E-state index is 14.5. The number of carbonyl (C=O) groups excluding carboxylic acids is 1. The molecule has 1 aliphatic carbocycles. The second kappa shape index (κ2) is 6.53. The summed E-state index contributed by atoms with van der Waals surface area (Å²) in [5.41, 5.74) is 0.317. The Morgan fingerprint density at radius 1 is 1.20 bits per heavy atom. The van der Waals surface area contributed by atoms with Gasteiger partial charge in [-0.15, -0.1) is 11.8 Å². The zero-order valence-corrected chi connectivity index (χ0v) is 14.9. The molecule has 0 unspecified atom stereocenters. The van der Waals surface area contributed by atoms with Crippen LogP contribution in [0.15, 0.2) is 23.0 Å². The quantitative estimate of drug-likeness (QED) is 0.830. The standard InChI is InChI=1S/C17H17ClFN3O2S/c18-10-6-3-7-11(19)13(10)15-14-16(20-12(23)8-25-15)22(21-17(14)24)9-4-1-2-5-9/h3,6-7,9,15H,1-2,4-5,8H2,(H,20,23)(H,21,24)/t15-/m0/s1. The molecule has 1 amide bonds. The maximum Gasteiger partial charge on any atom is 0.270 e. The van der Waals surface area contributed by atoms with Crippen molar-refractivity contribution in [3.05, 3.63) is 50.5 Å². The predicted molar refractivity (Wildman–Crippen MR) is 96.9 cm³/mol. The Balaban J connectivity index is 1.90. The molecule has 2 aromatic rings. The first kappa shape index (κ1) is 16.7. The Hall–Kier alpha value is -1.73. The topological polar surface area (TPSA) is 66.9 Å². The van der Waals surface area contributed by atoms with Crippen LogP contribution in [0.1, 0.15) is 48.1 Å². The van der Waals surface area contributed by atoms with Crippen LogP contribution in [-0.4, -0.2) is 21.4 Å². The fourth-order valence-electron chi connectivity index (χ4n) is 3.67. The molecule has 5 nitrogen and oxygen atoms in total. The lowest BCUT2D eigenvalue weighted by Gasteiger charge is -2.17. The van der Waals surface area contributed by atoms with Crippen LogP contribution >= 0.6 is 23.4 Å². The number of anilines is 1. The lowest BCUT2D eigenvalue weighted by Crippen LogP contribution is -2.18. The molecule has 1 fully saturated rings. The number of hydrogen-bond acceptors (Lipinski definition) is 3. The number of benzene rings is 1. The van der Waals surface area contributed by atoms with E-state index in [-0.39, 0.29) is 33.8 Å². The molecule has 25 heavy (non-hydrogen) atoms. The van der Waals surface area contributed by atoms with Crippen molar-refractivity contribution in [2.24, 2.45) is 0 Å². The predicted octanol–water partition coefficient (Wildman–Crippen LogP) is 3.86. The van der Waals surface area contributed by atoms with Crippen molar-refractivity contribution in [3.63, 3.8) is 0 Å². The number of amides is 1. The van der Waals surface area contributed by atoms with Crippen LogP contribution < -0.4 is 10.9 Å². The minimum atomic E-state index is -0.631. The minimum absolute atomic E-state index is 0.133. The van der Waals surface area contributed by atoms with E-state index in [2.05, 4.69) is 10.4 Å². The normalized spacial score (nSPS) is 21.0. The molecule has 1 aromatic carbocycles. The van der Waals surface area contributed by atoms with E-state index < -0.39 is 11.1 Å². The highest BCUT2D eigenvalue weighted by Crippen LogP contribution is 2.44. The molecule has 1 saturated carbocycles. The number of aromatic amines is 1. The lowest BCUT2D eigenvalue weighted by molar-refractivity contribution is -0.113. The van der Waals surface area contributed by atoms with Gasteiger partial charge in [-0.05, 0) is 25.0 Å². The number of nitrogens with zero attached hydrogens (tertiary/aromatic N) is 1. The van der Waals surface area contributed by atoms with Gasteiger partial charge in [0.15, 0.2) is 0 Å². The van der Waals surface area contributed by atoms with E-state index >= 15 is 0 Å². The van der Waals surface area contributed by atoms with Crippen LogP contribution in [0.3, 0.4) is 0 Å². The second-order valence-electron chi connectivity index (χ2n) is 6.39. The van der Waals surface area contributed by atoms with E-state index in [9.17, 15) is 14.0 Å². The average Bonchev–Trinajstić information content (AvgIpc) is 3.15. The van der Waals surface area contributed by atoms with E-state index in [0.29, 0.717) is 11.4 Å². The third-order valence-corrected chi connectivity index (χ3v) is 6.38. The molecule has 2 N–H and O–H groups in total. The van der Waals surface area contributed by atoms with Gasteiger partial charge in [0, 0.05) is 10.6 Å². The summed E-state index contributed by atoms with van der Waals surface area (Å²) in [6, 6.07) is 4.60. The van der Waals surface area contributed by atoms with Crippen molar-refractivity contribution in [1.29, 1.82) is 0 Å². The van der Waals surface area contributed by atoms with Gasteiger partial charge in [-0.1, -0.05) is 30.5 Å². The largest absolute Gasteiger partial charge is 0.310 e. The Kier molecular flexibility index (Phi) is 4.37. The molecule has 1 aliphatic heterocycles. The molecule has 1 aromatic heterocycles. The lowest BCUT2D eigenvalue weighted by atomic mass is 10.1. The van der Waals surface area contributed by atoms with Gasteiger partial charge in [0.2, 0.25) is 5.91 Å². The number of halogens is 2. The number of carbonyl (C=O) groups is 1. The molecule has 0 bridgehead atoms. The molecule has 0 saturated heterocycles. The van der Waals surface area contributed by atoms with Crippen LogP contribution in [0.25, 0.3) is 0 Å². The van der Waals surface area contributed by atoms with E-state index in [0.717, 1.165) is 25.7 Å². The monoisotopic (exact) mass is 381 g/mol. The highest BCUT2D eigenvalue weighted by Gasteiger charge is 2.34. The third kappa shape index (κ3) is 2.89. The Labute approximate surface area is 152 Å². The molecule has 4 rings (SSSR count). The van der Waals surface area contributed by atoms with Crippen molar-refractivity contribution in [1.82, 2.24) is 9.78 Å². The van der Waals surface area contributed by atoms with E-state index in [4.69, 9.17) is 11.6 Å². The maximum atomic E-state index is 14.5. The van der Waals surface area contributed by atoms with Crippen molar-refractivity contribution in [3.8, 4) is 0 Å². The van der Waals surface area contributed by atoms with Gasteiger partial charge in [-0.25, -0.2) is 4.39 Å². The van der Waals surface area contributed by atoms with Gasteiger partial charge in [-0.2, -0.15) is 0 Å². The summed E-state index contributed by atoms with van der Waals surface area (Å²) in [6.07, 6.45) is 4.08. The van der Waals surface area contributed by atoms with Crippen molar-refractivity contribution in [2.75, 3.05) is 11.1 Å². The van der Waals surface area contributed by atoms with E-state index in [1.54, 1.807) is 10.7 Å². The van der Waals surface area contributed by atoms with Gasteiger partial charge in [-0.3, -0.25) is 19.4 Å². The first-order chi connectivity index (χ1) is 12.1. The molecule has 0 radical (unpaired) electrons. The van der Waals surface area contributed by atoms with Gasteiger partial charge in [0.25, 0.3) is 5.56 Å². The van der Waals surface area contributed by atoms with Gasteiger partial charge >= 0.3 is 0 Å². The zero-order chi connectivity index (χ0) is 17.6. The highest BCUT2D eigenvalue weighted by atomic mass is 35.5. The molecule has 2 aliphatic rings. The molecule has 8 heteroatoms. The van der Waals surface area contributed by atoms with Gasteiger partial charge < -0.3 is 5.32 Å². The molecule has 1 atom stereocenters. The summed E-state index contributed by atoms with van der Waals surface area (Å²) in [5.74, 6) is -0.0878. The number of aromatic nitrogens is 2. The smallest absolute Gasteiger partial charge is 0.270 e. The molecular weight excluding hydrogens is 365 g/mol. The third-order valence-electron chi connectivity index (χ3n) is 4.82. The number of nitrogens with one attached hydrogen (secondary N) is 2. The van der Waals surface area contributed by atoms with Gasteiger partial charge in [0.05, 0.1) is 22.6 Å². The van der Waals surface area contributed by atoms with Crippen LogP contribution in [0.5, 0.6) is 0 Å². The second-order valence-corrected chi connectivity index (χ2v) is 7.89. The highest BCUT2D eigenvalue weighted by molar-refractivity contribution is 8.00. The fourth-order valence-corrected chi connectivity index (χ4v) is 5.19. The summed E-state index contributed by atoms with van der Waals surface area (Å²) >= 11 is 7.44. The Bertz CT molecular complexity index is 868. The summed E-state index contributed by atoms with van der Waals surface area (Å²) in [5, 5.41) is 5.31. The fraction of sp³-hybridized carbons (Fsp3) is 0.412. The van der Waals surface area contributed by atoms with Gasteiger partial charge in [0.1, 0.15) is 11.6 Å². The number of H-pyrrole nitrogens is 1. The summed E-state index contributed by atoms with van der Waals surface area (Å²) < 4.78 is 16.2. The molecule has 2 heterocycles. The molecular formula is C17H17ClFN3O2S. The number of thioether (sulfide) groups is 1. The first-order valence-corrected chi connectivity index (χ1v) is 9.68. The zero-order valence-electron chi connectivity index (χ0n) is 13.4. The van der Waals surface area contributed by atoms with E-state index in [1.165, 1.54) is 23.9 Å². The summed E-state index contributed by atoms with van der Waals surface area (Å²) in [6.45, 7) is 0. The Morgan fingerprint density at radius 3 is 2.68 bits per heavy atom. The number of fused-ring (bicyclic) bond motifs is 1. The number of rotatable bonds is 2. The summed E-state index contributed by atoms with van der Waals surface area (Å²) in [4.78, 5) is 24.9. The number of hydrogen-bond donors (Lipinski definition) is 2. The van der Waals surface area contributed by atoms with Crippen LogP contribution in [0, 0.1) is 5.82 Å². The average molecular weight is 382 g/mol. The molecule has 132 valence electrons. The van der Waals surface area contributed by atoms with Crippen LogP contribution in [0.4, 0.5) is 10.2 Å². The van der Waals surface area contributed by atoms with E-state index in [1.807, 2.05) is 0 Å². The first-order valence-electron chi connectivity index (χ1n) is 8.26. The van der Waals surface area contributed by atoms with Crippen molar-refractivity contribution >= 4 is 35.1 Å². The van der Waals surface area contributed by atoms with Crippen molar-refractivity contribution < 1.29 is 9.18 Å². The summed E-state index contributed by atoms with van der Waals surface area (Å²) in [7, 11) is 0. The van der Waals surface area contributed by atoms with Crippen LogP contribution in [-0.2, 0) is 4.79 Å². The Morgan fingerprint density at radius 2 is 1.96 bits per heavy atom.